The Bertz CT molecular complexity index is 213. The molecule has 2 atom stereocenters. The van der Waals surface area contributed by atoms with Crippen LogP contribution in [0.15, 0.2) is 0 Å². The normalized spacial score (nSPS) is 19.3. The Balaban J connectivity index is 4.76. The van der Waals surface area contributed by atoms with E-state index in [0.717, 1.165) is 0 Å². The molecule has 0 radical (unpaired) electrons. The number of hydrogen-bond acceptors (Lipinski definition) is 0. The van der Waals surface area contributed by atoms with Crippen molar-refractivity contribution in [3.05, 3.63) is 0 Å². The van der Waals surface area contributed by atoms with Crippen LogP contribution in [0.5, 0.6) is 0 Å². The molecule has 0 spiro atoms. The van der Waals surface area contributed by atoms with Gasteiger partial charge in [-0.05, 0) is 13.3 Å². The SMILES string of the molecule is CCCC(CC(C)(F)C(F)(F)F)C(F)(F)F. The van der Waals surface area contributed by atoms with E-state index in [4.69, 9.17) is 0 Å². The highest BCUT2D eigenvalue weighted by Gasteiger charge is 2.56. The van der Waals surface area contributed by atoms with Crippen LogP contribution >= 0.6 is 0 Å². The third-order valence-corrected chi connectivity index (χ3v) is 2.32. The summed E-state index contributed by atoms with van der Waals surface area (Å²) < 4.78 is 86.2. The first-order valence-corrected chi connectivity index (χ1v) is 4.74. The second-order valence-electron chi connectivity index (χ2n) is 3.93. The Labute approximate surface area is 88.8 Å². The van der Waals surface area contributed by atoms with Crippen LogP contribution in [0.25, 0.3) is 0 Å². The molecule has 0 N–H and O–H groups in total. The van der Waals surface area contributed by atoms with Crippen molar-refractivity contribution in [3.63, 3.8) is 0 Å². The Morgan fingerprint density at radius 3 is 1.62 bits per heavy atom. The van der Waals surface area contributed by atoms with Gasteiger partial charge >= 0.3 is 12.4 Å². The van der Waals surface area contributed by atoms with Crippen LogP contribution in [0.3, 0.4) is 0 Å². The Morgan fingerprint density at radius 1 is 0.938 bits per heavy atom. The third kappa shape index (κ3) is 4.17. The van der Waals surface area contributed by atoms with E-state index in [-0.39, 0.29) is 13.3 Å². The zero-order chi connectivity index (χ0) is 13.2. The first kappa shape index (κ1) is 15.5. The maximum atomic E-state index is 13.1. The number of halogens is 7. The van der Waals surface area contributed by atoms with E-state index in [1.54, 1.807) is 0 Å². The topological polar surface area (TPSA) is 0 Å². The fourth-order valence-electron chi connectivity index (χ4n) is 1.31. The second kappa shape index (κ2) is 4.79. The summed E-state index contributed by atoms with van der Waals surface area (Å²) >= 11 is 0. The maximum Gasteiger partial charge on any atom is 0.422 e. The van der Waals surface area contributed by atoms with Crippen molar-refractivity contribution in [2.75, 3.05) is 0 Å². The van der Waals surface area contributed by atoms with E-state index < -0.39 is 36.8 Å². The van der Waals surface area contributed by atoms with Gasteiger partial charge in [-0.3, -0.25) is 0 Å². The maximum absolute atomic E-state index is 13.1. The zero-order valence-corrected chi connectivity index (χ0v) is 8.84. The molecule has 98 valence electrons. The summed E-state index contributed by atoms with van der Waals surface area (Å²) in [7, 11) is 0. The molecule has 0 aliphatic carbocycles. The fraction of sp³-hybridized carbons (Fsp3) is 1.00. The summed E-state index contributed by atoms with van der Waals surface area (Å²) in [5.74, 6) is -2.26. The molecule has 0 aliphatic heterocycles. The van der Waals surface area contributed by atoms with E-state index in [0.29, 0.717) is 0 Å². The highest BCUT2D eigenvalue weighted by atomic mass is 19.4. The molecule has 0 saturated heterocycles. The Morgan fingerprint density at radius 2 is 1.38 bits per heavy atom. The molecular formula is C9H13F7. The first-order chi connectivity index (χ1) is 6.92. The van der Waals surface area contributed by atoms with Gasteiger partial charge in [-0.15, -0.1) is 0 Å². The standard InChI is InChI=1S/C9H13F7/c1-3-4-6(8(11,12)13)5-7(2,10)9(14,15)16/h6H,3-5H2,1-2H3. The van der Waals surface area contributed by atoms with Crippen LogP contribution in [-0.2, 0) is 0 Å². The molecule has 16 heavy (non-hydrogen) atoms. The fourth-order valence-corrected chi connectivity index (χ4v) is 1.31. The van der Waals surface area contributed by atoms with Gasteiger partial charge in [0.2, 0.25) is 5.67 Å². The average molecular weight is 254 g/mol. The minimum Gasteiger partial charge on any atom is -0.234 e. The number of rotatable bonds is 4. The zero-order valence-electron chi connectivity index (χ0n) is 8.84. The van der Waals surface area contributed by atoms with Crippen molar-refractivity contribution in [2.24, 2.45) is 5.92 Å². The van der Waals surface area contributed by atoms with E-state index in [1.807, 2.05) is 0 Å². The van der Waals surface area contributed by atoms with Crippen molar-refractivity contribution in [3.8, 4) is 0 Å². The predicted octanol–water partition coefficient (Wildman–Crippen LogP) is 4.65. The van der Waals surface area contributed by atoms with Gasteiger partial charge in [-0.2, -0.15) is 26.3 Å². The van der Waals surface area contributed by atoms with Crippen LogP contribution in [0.4, 0.5) is 30.7 Å². The van der Waals surface area contributed by atoms with Crippen molar-refractivity contribution in [1.82, 2.24) is 0 Å². The van der Waals surface area contributed by atoms with E-state index >= 15 is 0 Å². The average Bonchev–Trinajstić information content (AvgIpc) is 1.99. The Kier molecular flexibility index (Phi) is 4.64. The van der Waals surface area contributed by atoms with E-state index in [9.17, 15) is 30.7 Å². The van der Waals surface area contributed by atoms with E-state index in [1.165, 1.54) is 6.92 Å². The van der Waals surface area contributed by atoms with Crippen molar-refractivity contribution < 1.29 is 30.7 Å². The molecule has 0 aliphatic rings. The monoisotopic (exact) mass is 254 g/mol. The lowest BCUT2D eigenvalue weighted by Crippen LogP contribution is -2.42. The molecule has 2 unspecified atom stereocenters. The molecule has 7 heteroatoms. The predicted molar refractivity (Wildman–Crippen MR) is 44.6 cm³/mol. The van der Waals surface area contributed by atoms with E-state index in [2.05, 4.69) is 0 Å². The van der Waals surface area contributed by atoms with Crippen LogP contribution in [0.1, 0.15) is 33.1 Å². The van der Waals surface area contributed by atoms with Gasteiger partial charge in [-0.1, -0.05) is 13.3 Å². The molecule has 0 nitrogen and oxygen atoms in total. The van der Waals surface area contributed by atoms with Crippen molar-refractivity contribution in [1.29, 1.82) is 0 Å². The van der Waals surface area contributed by atoms with Crippen LogP contribution in [-0.4, -0.2) is 18.0 Å². The summed E-state index contributed by atoms with van der Waals surface area (Å²) in [5.41, 5.74) is -3.80. The van der Waals surface area contributed by atoms with Gasteiger partial charge < -0.3 is 0 Å². The summed E-state index contributed by atoms with van der Waals surface area (Å²) in [5, 5.41) is 0. The van der Waals surface area contributed by atoms with Crippen molar-refractivity contribution >= 4 is 0 Å². The lowest BCUT2D eigenvalue weighted by molar-refractivity contribution is -0.248. The molecule has 0 heterocycles. The molecule has 0 fully saturated rings. The highest BCUT2D eigenvalue weighted by molar-refractivity contribution is 4.86. The molecule has 0 rings (SSSR count). The summed E-state index contributed by atoms with van der Waals surface area (Å²) in [6.07, 6.45) is -12.1. The smallest absolute Gasteiger partial charge is 0.234 e. The van der Waals surface area contributed by atoms with Crippen LogP contribution < -0.4 is 0 Å². The van der Waals surface area contributed by atoms with Crippen LogP contribution in [0, 0.1) is 5.92 Å². The van der Waals surface area contributed by atoms with Gasteiger partial charge in [0.1, 0.15) is 0 Å². The van der Waals surface area contributed by atoms with Crippen molar-refractivity contribution in [2.45, 2.75) is 51.1 Å². The summed E-state index contributed by atoms with van der Waals surface area (Å²) in [6.45, 7) is 1.54. The number of hydrogen-bond donors (Lipinski definition) is 0. The minimum absolute atomic E-state index is 0.0537. The highest BCUT2D eigenvalue weighted by Crippen LogP contribution is 2.43. The molecule has 0 aromatic carbocycles. The lowest BCUT2D eigenvalue weighted by atomic mass is 9.89. The van der Waals surface area contributed by atoms with Gasteiger partial charge in [0.25, 0.3) is 0 Å². The quantitative estimate of drug-likeness (QED) is 0.641. The number of alkyl halides is 7. The molecule has 0 aromatic heterocycles. The third-order valence-electron chi connectivity index (χ3n) is 2.32. The molecule has 0 saturated carbocycles. The lowest BCUT2D eigenvalue weighted by Gasteiger charge is -2.29. The van der Waals surface area contributed by atoms with Gasteiger partial charge in [-0.25, -0.2) is 4.39 Å². The minimum atomic E-state index is -5.27. The largest absolute Gasteiger partial charge is 0.422 e. The molecule has 0 bridgehead atoms. The summed E-state index contributed by atoms with van der Waals surface area (Å²) in [6, 6.07) is 0. The molecular weight excluding hydrogens is 241 g/mol. The van der Waals surface area contributed by atoms with Gasteiger partial charge in [0.15, 0.2) is 0 Å². The molecule has 0 aromatic rings. The van der Waals surface area contributed by atoms with Gasteiger partial charge in [0.05, 0.1) is 5.92 Å². The summed E-state index contributed by atoms with van der Waals surface area (Å²) in [4.78, 5) is 0. The second-order valence-corrected chi connectivity index (χ2v) is 3.93. The first-order valence-electron chi connectivity index (χ1n) is 4.74. The Hall–Kier alpha value is -0.490. The van der Waals surface area contributed by atoms with Gasteiger partial charge in [0, 0.05) is 6.42 Å². The van der Waals surface area contributed by atoms with Crippen LogP contribution in [0.2, 0.25) is 0 Å². The molecule has 0 amide bonds.